The Labute approximate surface area is 168 Å². The monoisotopic (exact) mass is 397 g/mol. The lowest BCUT2D eigenvalue weighted by molar-refractivity contribution is -0.121. The Bertz CT molecular complexity index is 910. The largest absolute Gasteiger partial charge is 0.326 e. The van der Waals surface area contributed by atoms with Crippen LogP contribution >= 0.6 is 11.3 Å². The molecule has 6 nitrogen and oxygen atoms in total. The highest BCUT2D eigenvalue weighted by molar-refractivity contribution is 7.12. The molecule has 0 saturated carbocycles. The van der Waals surface area contributed by atoms with Gasteiger partial charge in [0.25, 0.3) is 5.91 Å². The number of hydrogen-bond acceptors (Lipinski definition) is 4. The average molecular weight is 398 g/mol. The number of carbonyl (C=O) groups excluding carboxylic acids is 3. The van der Waals surface area contributed by atoms with Crippen LogP contribution in [0.15, 0.2) is 35.7 Å². The van der Waals surface area contributed by atoms with Crippen LogP contribution in [0.2, 0.25) is 0 Å². The second kappa shape index (κ2) is 7.75. The van der Waals surface area contributed by atoms with Crippen molar-refractivity contribution in [3.05, 3.63) is 46.2 Å². The summed E-state index contributed by atoms with van der Waals surface area (Å²) < 4.78 is 0. The molecule has 1 fully saturated rings. The zero-order valence-corrected chi connectivity index (χ0v) is 16.6. The van der Waals surface area contributed by atoms with Gasteiger partial charge in [-0.05, 0) is 60.9 Å². The third-order valence-corrected chi connectivity index (χ3v) is 6.28. The van der Waals surface area contributed by atoms with E-state index in [0.717, 1.165) is 30.5 Å². The van der Waals surface area contributed by atoms with Crippen molar-refractivity contribution in [3.63, 3.8) is 0 Å². The third kappa shape index (κ3) is 3.54. The van der Waals surface area contributed by atoms with Crippen LogP contribution in [-0.4, -0.2) is 41.8 Å². The summed E-state index contributed by atoms with van der Waals surface area (Å²) in [6.45, 7) is 2.84. The van der Waals surface area contributed by atoms with Gasteiger partial charge in [0.05, 0.1) is 4.88 Å². The second-order valence-electron chi connectivity index (χ2n) is 7.24. The first kappa shape index (κ1) is 18.7. The summed E-state index contributed by atoms with van der Waals surface area (Å²) in [7, 11) is 0. The summed E-state index contributed by atoms with van der Waals surface area (Å²) in [5.74, 6) is -0.188. The molecule has 28 heavy (non-hydrogen) atoms. The van der Waals surface area contributed by atoms with Gasteiger partial charge in [-0.25, -0.2) is 0 Å². The fourth-order valence-corrected chi connectivity index (χ4v) is 4.70. The molecule has 1 N–H and O–H groups in total. The molecule has 2 aliphatic heterocycles. The number of carbonyl (C=O) groups is 3. The number of piperidine rings is 1. The van der Waals surface area contributed by atoms with Crippen molar-refractivity contribution in [3.8, 4) is 0 Å². The standard InChI is InChI=1S/C21H23N3O3S/c1-14(25)23-11-9-15-13-16(7-8-17(15)23)22-20(26)18-5-2-3-10-24(18)21(27)19-6-4-12-28-19/h4,6-8,12-13,18H,2-3,5,9-11H2,1H3,(H,22,26). The van der Waals surface area contributed by atoms with E-state index < -0.39 is 6.04 Å². The fourth-order valence-electron chi connectivity index (χ4n) is 4.02. The molecule has 1 unspecified atom stereocenters. The maximum atomic E-state index is 13.0. The van der Waals surface area contributed by atoms with Crippen LogP contribution in [0.25, 0.3) is 0 Å². The van der Waals surface area contributed by atoms with E-state index in [9.17, 15) is 14.4 Å². The molecule has 4 rings (SSSR count). The zero-order valence-electron chi connectivity index (χ0n) is 15.8. The minimum absolute atomic E-state index is 0.0282. The third-order valence-electron chi connectivity index (χ3n) is 5.42. The van der Waals surface area contributed by atoms with Gasteiger partial charge in [0.15, 0.2) is 0 Å². The van der Waals surface area contributed by atoms with Crippen molar-refractivity contribution in [2.45, 2.75) is 38.6 Å². The number of amides is 3. The average Bonchev–Trinajstić information content (AvgIpc) is 3.37. The summed E-state index contributed by atoms with van der Waals surface area (Å²) >= 11 is 1.40. The Balaban J connectivity index is 1.49. The molecule has 7 heteroatoms. The van der Waals surface area contributed by atoms with E-state index in [1.807, 2.05) is 29.6 Å². The van der Waals surface area contributed by atoms with Gasteiger partial charge in [-0.3, -0.25) is 14.4 Å². The summed E-state index contributed by atoms with van der Waals surface area (Å²) in [5, 5.41) is 4.86. The molecule has 1 aromatic heterocycles. The molecule has 1 aromatic carbocycles. The molecule has 2 aliphatic rings. The van der Waals surface area contributed by atoms with Crippen molar-refractivity contribution in [1.82, 2.24) is 4.90 Å². The minimum Gasteiger partial charge on any atom is -0.326 e. The van der Waals surface area contributed by atoms with Crippen LogP contribution in [0.5, 0.6) is 0 Å². The Hall–Kier alpha value is -2.67. The molecule has 146 valence electrons. The molecular weight excluding hydrogens is 374 g/mol. The maximum absolute atomic E-state index is 13.0. The highest BCUT2D eigenvalue weighted by Gasteiger charge is 2.33. The fraction of sp³-hybridized carbons (Fsp3) is 0.381. The smallest absolute Gasteiger partial charge is 0.264 e. The van der Waals surface area contributed by atoms with Gasteiger partial charge in [0.2, 0.25) is 11.8 Å². The van der Waals surface area contributed by atoms with Crippen molar-refractivity contribution >= 4 is 40.4 Å². The maximum Gasteiger partial charge on any atom is 0.264 e. The predicted molar refractivity (Wildman–Crippen MR) is 110 cm³/mol. The number of anilines is 2. The Morgan fingerprint density at radius 3 is 2.75 bits per heavy atom. The van der Waals surface area contributed by atoms with E-state index in [1.54, 1.807) is 22.8 Å². The quantitative estimate of drug-likeness (QED) is 0.864. The van der Waals surface area contributed by atoms with Crippen LogP contribution in [0.3, 0.4) is 0 Å². The number of benzene rings is 1. The van der Waals surface area contributed by atoms with Crippen molar-refractivity contribution in [2.75, 3.05) is 23.3 Å². The van der Waals surface area contributed by atoms with Crippen LogP contribution < -0.4 is 10.2 Å². The van der Waals surface area contributed by atoms with Crippen LogP contribution in [0.1, 0.15) is 41.4 Å². The summed E-state index contributed by atoms with van der Waals surface area (Å²) in [5.41, 5.74) is 2.68. The lowest BCUT2D eigenvalue weighted by atomic mass is 10.0. The molecule has 3 amide bonds. The lowest BCUT2D eigenvalue weighted by Crippen LogP contribution is -2.49. The first-order valence-corrected chi connectivity index (χ1v) is 10.5. The number of likely N-dealkylation sites (tertiary alicyclic amines) is 1. The van der Waals surface area contributed by atoms with Gasteiger partial charge in [-0.15, -0.1) is 11.3 Å². The minimum atomic E-state index is -0.453. The van der Waals surface area contributed by atoms with Crippen LogP contribution in [0, 0.1) is 0 Å². The molecule has 1 atom stereocenters. The summed E-state index contributed by atoms with van der Waals surface area (Å²) in [6, 6.07) is 8.85. The van der Waals surface area contributed by atoms with E-state index in [4.69, 9.17) is 0 Å². The zero-order chi connectivity index (χ0) is 19.7. The molecule has 0 radical (unpaired) electrons. The van der Waals surface area contributed by atoms with Gasteiger partial charge in [-0.2, -0.15) is 0 Å². The van der Waals surface area contributed by atoms with E-state index in [2.05, 4.69) is 5.32 Å². The molecule has 0 spiro atoms. The Kier molecular flexibility index (Phi) is 5.17. The topological polar surface area (TPSA) is 69.7 Å². The van der Waals surface area contributed by atoms with Gasteiger partial charge in [0, 0.05) is 31.4 Å². The lowest BCUT2D eigenvalue weighted by Gasteiger charge is -2.34. The molecular formula is C21H23N3O3S. The van der Waals surface area contributed by atoms with Crippen LogP contribution in [0.4, 0.5) is 11.4 Å². The number of nitrogens with zero attached hydrogens (tertiary/aromatic N) is 2. The Morgan fingerprint density at radius 1 is 1.14 bits per heavy atom. The van der Waals surface area contributed by atoms with Gasteiger partial charge < -0.3 is 15.1 Å². The molecule has 2 aromatic rings. The second-order valence-corrected chi connectivity index (χ2v) is 8.19. The number of nitrogens with one attached hydrogen (secondary N) is 1. The number of fused-ring (bicyclic) bond motifs is 1. The van der Waals surface area contributed by atoms with Gasteiger partial charge in [-0.1, -0.05) is 6.07 Å². The highest BCUT2D eigenvalue weighted by Crippen LogP contribution is 2.31. The number of rotatable bonds is 3. The van der Waals surface area contributed by atoms with E-state index >= 15 is 0 Å². The highest BCUT2D eigenvalue weighted by atomic mass is 32.1. The Morgan fingerprint density at radius 2 is 2.00 bits per heavy atom. The van der Waals surface area contributed by atoms with Gasteiger partial charge in [0.1, 0.15) is 6.04 Å². The number of thiophene rings is 1. The van der Waals surface area contributed by atoms with E-state index in [-0.39, 0.29) is 17.7 Å². The first-order chi connectivity index (χ1) is 13.5. The molecule has 3 heterocycles. The van der Waals surface area contributed by atoms with Crippen molar-refractivity contribution < 1.29 is 14.4 Å². The predicted octanol–water partition coefficient (Wildman–Crippen LogP) is 3.29. The van der Waals surface area contributed by atoms with Crippen molar-refractivity contribution in [1.29, 1.82) is 0 Å². The molecule has 1 saturated heterocycles. The molecule has 0 aliphatic carbocycles. The van der Waals surface area contributed by atoms with Crippen LogP contribution in [-0.2, 0) is 16.0 Å². The molecule has 0 bridgehead atoms. The van der Waals surface area contributed by atoms with E-state index in [0.29, 0.717) is 30.1 Å². The number of hydrogen-bond donors (Lipinski definition) is 1. The van der Waals surface area contributed by atoms with E-state index in [1.165, 1.54) is 11.3 Å². The van der Waals surface area contributed by atoms with Gasteiger partial charge >= 0.3 is 0 Å². The normalized spacial score (nSPS) is 18.7. The SMILES string of the molecule is CC(=O)N1CCc2cc(NC(=O)C3CCCCN3C(=O)c3cccs3)ccc21. The summed E-state index contributed by atoms with van der Waals surface area (Å²) in [4.78, 5) is 41.6. The first-order valence-electron chi connectivity index (χ1n) is 9.61. The van der Waals surface area contributed by atoms with Crippen molar-refractivity contribution in [2.24, 2.45) is 0 Å². The summed E-state index contributed by atoms with van der Waals surface area (Å²) in [6.07, 6.45) is 3.31.